The second kappa shape index (κ2) is 6.12. The first-order valence-electron chi connectivity index (χ1n) is 5.95. The Balaban J connectivity index is 2.54. The topological polar surface area (TPSA) is 37.3 Å². The maximum atomic E-state index is 11.5. The summed E-state index contributed by atoms with van der Waals surface area (Å²) in [6, 6.07) is 12.4. The average Bonchev–Trinajstić information content (AvgIpc) is 2.41. The van der Waals surface area contributed by atoms with Crippen molar-refractivity contribution in [2.24, 2.45) is 0 Å². The van der Waals surface area contributed by atoms with E-state index in [1.54, 1.807) is 24.3 Å². The minimum atomic E-state index is -1.01. The van der Waals surface area contributed by atoms with Gasteiger partial charge >= 0.3 is 5.97 Å². The van der Waals surface area contributed by atoms with Gasteiger partial charge in [-0.1, -0.05) is 53.5 Å². The van der Waals surface area contributed by atoms with Crippen molar-refractivity contribution in [3.8, 4) is 0 Å². The number of aliphatic carboxylic acids is 1. The molecule has 2 aromatic rings. The van der Waals surface area contributed by atoms with Crippen LogP contribution >= 0.6 is 23.2 Å². The quantitative estimate of drug-likeness (QED) is 0.645. The van der Waals surface area contributed by atoms with E-state index in [0.29, 0.717) is 15.6 Å². The van der Waals surface area contributed by atoms with Gasteiger partial charge in [-0.3, -0.25) is 0 Å². The summed E-state index contributed by atoms with van der Waals surface area (Å²) in [4.78, 5) is 11.5. The molecule has 1 N–H and O–H groups in total. The van der Waals surface area contributed by atoms with Gasteiger partial charge in [-0.25, -0.2) is 4.79 Å². The van der Waals surface area contributed by atoms with Gasteiger partial charge in [-0.05, 0) is 41.8 Å². The molecule has 2 rings (SSSR count). The van der Waals surface area contributed by atoms with E-state index in [1.165, 1.54) is 0 Å². The Hall–Kier alpha value is -1.77. The third kappa shape index (κ3) is 3.21. The molecule has 0 spiro atoms. The summed E-state index contributed by atoms with van der Waals surface area (Å²) >= 11 is 11.8. The molecule has 2 aromatic carbocycles. The molecule has 0 aromatic heterocycles. The molecule has 0 radical (unpaired) electrons. The van der Waals surface area contributed by atoms with Crippen LogP contribution < -0.4 is 0 Å². The van der Waals surface area contributed by atoms with E-state index in [-0.39, 0.29) is 5.57 Å². The maximum Gasteiger partial charge on any atom is 0.336 e. The Labute approximate surface area is 127 Å². The van der Waals surface area contributed by atoms with Gasteiger partial charge in [0, 0.05) is 0 Å². The Kier molecular flexibility index (Phi) is 4.48. The Morgan fingerprint density at radius 1 is 1.10 bits per heavy atom. The van der Waals surface area contributed by atoms with Gasteiger partial charge < -0.3 is 5.11 Å². The number of carboxylic acid groups (broad SMARTS) is 1. The lowest BCUT2D eigenvalue weighted by atomic mass is 10.0. The van der Waals surface area contributed by atoms with Crippen molar-refractivity contribution in [3.05, 3.63) is 69.2 Å². The van der Waals surface area contributed by atoms with Crippen LogP contribution in [0.25, 0.3) is 11.6 Å². The first-order chi connectivity index (χ1) is 9.49. The SMILES string of the molecule is Cc1ccccc1/C=C(\C(=O)O)c1ccc(Cl)c(Cl)c1. The van der Waals surface area contributed by atoms with Crippen molar-refractivity contribution in [2.75, 3.05) is 0 Å². The number of aryl methyl sites for hydroxylation is 1. The monoisotopic (exact) mass is 306 g/mol. The average molecular weight is 307 g/mol. The van der Waals surface area contributed by atoms with Gasteiger partial charge in [0.2, 0.25) is 0 Å². The zero-order valence-electron chi connectivity index (χ0n) is 10.7. The molecule has 0 saturated heterocycles. The fraction of sp³-hybridized carbons (Fsp3) is 0.0625. The minimum absolute atomic E-state index is 0.179. The number of rotatable bonds is 3. The number of hydrogen-bond donors (Lipinski definition) is 1. The summed E-state index contributed by atoms with van der Waals surface area (Å²) in [5.74, 6) is -1.01. The van der Waals surface area contributed by atoms with Crippen LogP contribution in [0.1, 0.15) is 16.7 Å². The molecule has 0 saturated carbocycles. The molecular weight excluding hydrogens is 295 g/mol. The molecule has 4 heteroatoms. The summed E-state index contributed by atoms with van der Waals surface area (Å²) in [6.07, 6.45) is 1.64. The van der Waals surface area contributed by atoms with Gasteiger partial charge in [-0.15, -0.1) is 0 Å². The number of carboxylic acids is 1. The largest absolute Gasteiger partial charge is 0.478 e. The van der Waals surface area contributed by atoms with Gasteiger partial charge in [0.25, 0.3) is 0 Å². The van der Waals surface area contributed by atoms with Crippen molar-refractivity contribution in [1.29, 1.82) is 0 Å². The molecule has 0 bridgehead atoms. The van der Waals surface area contributed by atoms with Crippen LogP contribution in [0.3, 0.4) is 0 Å². The predicted octanol–water partition coefficient (Wildman–Crippen LogP) is 4.93. The lowest BCUT2D eigenvalue weighted by molar-refractivity contribution is -0.130. The molecule has 0 heterocycles. The highest BCUT2D eigenvalue weighted by Gasteiger charge is 2.12. The van der Waals surface area contributed by atoms with Gasteiger partial charge in [0.1, 0.15) is 0 Å². The van der Waals surface area contributed by atoms with E-state index in [9.17, 15) is 9.90 Å². The molecule has 0 amide bonds. The second-order valence-electron chi connectivity index (χ2n) is 4.35. The molecule has 0 aliphatic carbocycles. The number of carbonyl (C=O) groups is 1. The van der Waals surface area contributed by atoms with E-state index in [0.717, 1.165) is 11.1 Å². The summed E-state index contributed by atoms with van der Waals surface area (Å²) in [7, 11) is 0. The van der Waals surface area contributed by atoms with E-state index in [4.69, 9.17) is 23.2 Å². The zero-order chi connectivity index (χ0) is 14.7. The summed E-state index contributed by atoms with van der Waals surface area (Å²) in [5.41, 5.74) is 2.57. The van der Waals surface area contributed by atoms with Crippen LogP contribution in [-0.4, -0.2) is 11.1 Å². The fourth-order valence-electron chi connectivity index (χ4n) is 1.84. The highest BCUT2D eigenvalue weighted by molar-refractivity contribution is 6.42. The zero-order valence-corrected chi connectivity index (χ0v) is 12.2. The lowest BCUT2D eigenvalue weighted by Crippen LogP contribution is -2.00. The van der Waals surface area contributed by atoms with Crippen LogP contribution in [0, 0.1) is 6.92 Å². The van der Waals surface area contributed by atoms with E-state index >= 15 is 0 Å². The standard InChI is InChI=1S/C16H12Cl2O2/c1-10-4-2-3-5-11(10)8-13(16(19)20)12-6-7-14(17)15(18)9-12/h2-9H,1H3,(H,19,20)/b13-8-. The van der Waals surface area contributed by atoms with Gasteiger partial charge in [0.05, 0.1) is 15.6 Å². The summed E-state index contributed by atoms with van der Waals surface area (Å²) < 4.78 is 0. The van der Waals surface area contributed by atoms with Crippen LogP contribution in [-0.2, 0) is 4.79 Å². The first-order valence-corrected chi connectivity index (χ1v) is 6.70. The van der Waals surface area contributed by atoms with E-state index in [2.05, 4.69) is 0 Å². The smallest absolute Gasteiger partial charge is 0.336 e. The molecule has 0 aliphatic heterocycles. The highest BCUT2D eigenvalue weighted by atomic mass is 35.5. The molecule has 20 heavy (non-hydrogen) atoms. The Bertz CT molecular complexity index is 691. The van der Waals surface area contributed by atoms with Crippen molar-refractivity contribution >= 4 is 40.8 Å². The van der Waals surface area contributed by atoms with Crippen LogP contribution in [0.2, 0.25) is 10.0 Å². The third-order valence-electron chi connectivity index (χ3n) is 2.95. The van der Waals surface area contributed by atoms with Crippen LogP contribution in [0.5, 0.6) is 0 Å². The Morgan fingerprint density at radius 3 is 2.40 bits per heavy atom. The van der Waals surface area contributed by atoms with Crippen molar-refractivity contribution in [3.63, 3.8) is 0 Å². The molecule has 2 nitrogen and oxygen atoms in total. The molecular formula is C16H12Cl2O2. The van der Waals surface area contributed by atoms with Gasteiger partial charge in [0.15, 0.2) is 0 Å². The summed E-state index contributed by atoms with van der Waals surface area (Å²) in [6.45, 7) is 1.93. The lowest BCUT2D eigenvalue weighted by Gasteiger charge is -2.06. The molecule has 102 valence electrons. The van der Waals surface area contributed by atoms with Gasteiger partial charge in [-0.2, -0.15) is 0 Å². The highest BCUT2D eigenvalue weighted by Crippen LogP contribution is 2.27. The minimum Gasteiger partial charge on any atom is -0.478 e. The maximum absolute atomic E-state index is 11.5. The second-order valence-corrected chi connectivity index (χ2v) is 5.16. The molecule has 0 aliphatic rings. The number of halogens is 2. The van der Waals surface area contributed by atoms with E-state index < -0.39 is 5.97 Å². The van der Waals surface area contributed by atoms with Crippen molar-refractivity contribution in [2.45, 2.75) is 6.92 Å². The predicted molar refractivity (Wildman–Crippen MR) is 83.1 cm³/mol. The van der Waals surface area contributed by atoms with Crippen molar-refractivity contribution in [1.82, 2.24) is 0 Å². The number of hydrogen-bond acceptors (Lipinski definition) is 1. The third-order valence-corrected chi connectivity index (χ3v) is 3.69. The molecule has 0 unspecified atom stereocenters. The Morgan fingerprint density at radius 2 is 1.80 bits per heavy atom. The van der Waals surface area contributed by atoms with Crippen molar-refractivity contribution < 1.29 is 9.90 Å². The van der Waals surface area contributed by atoms with E-state index in [1.807, 2.05) is 31.2 Å². The van der Waals surface area contributed by atoms with Crippen LogP contribution in [0.15, 0.2) is 42.5 Å². The normalized spacial score (nSPS) is 11.4. The first kappa shape index (κ1) is 14.6. The molecule has 0 atom stereocenters. The fourth-order valence-corrected chi connectivity index (χ4v) is 2.13. The van der Waals surface area contributed by atoms with Crippen LogP contribution in [0.4, 0.5) is 0 Å². The summed E-state index contributed by atoms with van der Waals surface area (Å²) in [5, 5.41) is 10.1. The number of benzene rings is 2. The molecule has 0 fully saturated rings.